The molecule has 1 heterocycles. The highest BCUT2D eigenvalue weighted by molar-refractivity contribution is 5.76. The van der Waals surface area contributed by atoms with Gasteiger partial charge in [-0.2, -0.15) is 0 Å². The minimum absolute atomic E-state index is 0.215. The second-order valence-electron chi connectivity index (χ2n) is 6.49. The molecule has 2 N–H and O–H groups in total. The second-order valence-corrected chi connectivity index (χ2v) is 6.49. The van der Waals surface area contributed by atoms with Crippen LogP contribution in [-0.2, 0) is 9.53 Å². The molecule has 2 fully saturated rings. The fourth-order valence-electron chi connectivity index (χ4n) is 3.13. The summed E-state index contributed by atoms with van der Waals surface area (Å²) < 4.78 is 5.52. The standard InChI is InChI=1S/C15H28N2O2/c1-3-19-13-7-12(8-13)9-14(18)17-11-15(2)5-4-6-16-10-15/h12-13,16H,3-11H2,1-2H3,(H,17,18). The van der Waals surface area contributed by atoms with Crippen molar-refractivity contribution in [1.29, 1.82) is 0 Å². The van der Waals surface area contributed by atoms with Crippen LogP contribution in [0.4, 0.5) is 0 Å². The van der Waals surface area contributed by atoms with Crippen LogP contribution in [0.1, 0.15) is 46.0 Å². The molecule has 0 aromatic rings. The predicted octanol–water partition coefficient (Wildman–Crippen LogP) is 1.70. The van der Waals surface area contributed by atoms with Gasteiger partial charge in [-0.3, -0.25) is 4.79 Å². The van der Waals surface area contributed by atoms with Crippen molar-refractivity contribution in [1.82, 2.24) is 10.6 Å². The van der Waals surface area contributed by atoms with Crippen LogP contribution >= 0.6 is 0 Å². The zero-order chi connectivity index (χ0) is 13.7. The minimum Gasteiger partial charge on any atom is -0.378 e. The summed E-state index contributed by atoms with van der Waals surface area (Å²) in [5.41, 5.74) is 0.237. The zero-order valence-electron chi connectivity index (χ0n) is 12.3. The number of piperidine rings is 1. The summed E-state index contributed by atoms with van der Waals surface area (Å²) in [6.45, 7) is 8.01. The lowest BCUT2D eigenvalue weighted by Gasteiger charge is -2.36. The molecule has 1 saturated heterocycles. The minimum atomic E-state index is 0.215. The van der Waals surface area contributed by atoms with Gasteiger partial charge in [0.25, 0.3) is 0 Å². The maximum atomic E-state index is 11.9. The number of hydrogen-bond donors (Lipinski definition) is 2. The number of hydrogen-bond acceptors (Lipinski definition) is 3. The van der Waals surface area contributed by atoms with Gasteiger partial charge in [-0.15, -0.1) is 0 Å². The van der Waals surface area contributed by atoms with Gasteiger partial charge in [-0.25, -0.2) is 0 Å². The topological polar surface area (TPSA) is 50.4 Å². The van der Waals surface area contributed by atoms with E-state index in [-0.39, 0.29) is 11.3 Å². The Bertz CT molecular complexity index is 295. The molecule has 0 spiro atoms. The summed E-state index contributed by atoms with van der Waals surface area (Å²) >= 11 is 0. The van der Waals surface area contributed by atoms with E-state index >= 15 is 0 Å². The third kappa shape index (κ3) is 4.46. The molecule has 0 aromatic heterocycles. The van der Waals surface area contributed by atoms with Crippen molar-refractivity contribution in [3.05, 3.63) is 0 Å². The molecule has 1 saturated carbocycles. The molecule has 0 radical (unpaired) electrons. The van der Waals surface area contributed by atoms with Crippen molar-refractivity contribution in [3.63, 3.8) is 0 Å². The van der Waals surface area contributed by atoms with Gasteiger partial charge < -0.3 is 15.4 Å². The monoisotopic (exact) mass is 268 g/mol. The first kappa shape index (κ1) is 14.8. The Labute approximate surface area is 116 Å². The fraction of sp³-hybridized carbons (Fsp3) is 0.933. The van der Waals surface area contributed by atoms with Gasteiger partial charge in [0, 0.05) is 26.1 Å². The lowest BCUT2D eigenvalue weighted by atomic mass is 9.79. The normalized spacial score (nSPS) is 34.6. The van der Waals surface area contributed by atoms with Crippen molar-refractivity contribution >= 4 is 5.91 Å². The van der Waals surface area contributed by atoms with Crippen molar-refractivity contribution in [3.8, 4) is 0 Å². The summed E-state index contributed by atoms with van der Waals surface area (Å²) in [6, 6.07) is 0. The lowest BCUT2D eigenvalue weighted by molar-refractivity contribution is -0.124. The van der Waals surface area contributed by atoms with E-state index in [1.54, 1.807) is 0 Å². The Hall–Kier alpha value is -0.610. The summed E-state index contributed by atoms with van der Waals surface area (Å²) in [4.78, 5) is 11.9. The SMILES string of the molecule is CCOC1CC(CC(=O)NCC2(C)CCCNC2)C1. The average molecular weight is 268 g/mol. The molecule has 110 valence electrons. The molecule has 19 heavy (non-hydrogen) atoms. The van der Waals surface area contributed by atoms with E-state index in [1.165, 1.54) is 12.8 Å². The van der Waals surface area contributed by atoms with E-state index in [0.29, 0.717) is 18.4 Å². The van der Waals surface area contributed by atoms with Crippen molar-refractivity contribution < 1.29 is 9.53 Å². The van der Waals surface area contributed by atoms with Gasteiger partial charge in [-0.1, -0.05) is 6.92 Å². The Kier molecular flexibility index (Phi) is 5.22. The lowest BCUT2D eigenvalue weighted by Crippen LogP contribution is -2.46. The van der Waals surface area contributed by atoms with E-state index < -0.39 is 0 Å². The van der Waals surface area contributed by atoms with Crippen LogP contribution in [0, 0.1) is 11.3 Å². The third-order valence-corrected chi connectivity index (χ3v) is 4.47. The quantitative estimate of drug-likeness (QED) is 0.771. The molecule has 1 aliphatic carbocycles. The largest absolute Gasteiger partial charge is 0.378 e. The summed E-state index contributed by atoms with van der Waals surface area (Å²) in [5.74, 6) is 0.751. The van der Waals surface area contributed by atoms with Gasteiger partial charge in [0.2, 0.25) is 5.91 Å². The van der Waals surface area contributed by atoms with Crippen molar-refractivity contribution in [2.75, 3.05) is 26.2 Å². The van der Waals surface area contributed by atoms with E-state index in [9.17, 15) is 4.79 Å². The molecule has 1 atom stereocenters. The highest BCUT2D eigenvalue weighted by atomic mass is 16.5. The number of amides is 1. The summed E-state index contributed by atoms with van der Waals surface area (Å²) in [6.07, 6.45) is 5.61. The van der Waals surface area contributed by atoms with E-state index in [2.05, 4.69) is 17.6 Å². The number of rotatable bonds is 6. The maximum absolute atomic E-state index is 11.9. The average Bonchev–Trinajstić information content (AvgIpc) is 2.35. The molecule has 2 rings (SSSR count). The number of ether oxygens (including phenoxy) is 1. The van der Waals surface area contributed by atoms with Crippen LogP contribution in [0.2, 0.25) is 0 Å². The van der Waals surface area contributed by atoms with Gasteiger partial charge in [0.1, 0.15) is 0 Å². The van der Waals surface area contributed by atoms with E-state index in [0.717, 1.165) is 39.1 Å². The van der Waals surface area contributed by atoms with Crippen LogP contribution in [0.25, 0.3) is 0 Å². The smallest absolute Gasteiger partial charge is 0.220 e. The summed E-state index contributed by atoms with van der Waals surface area (Å²) in [5, 5.41) is 6.53. The first-order valence-electron chi connectivity index (χ1n) is 7.70. The van der Waals surface area contributed by atoms with Crippen LogP contribution in [-0.4, -0.2) is 38.3 Å². The fourth-order valence-corrected chi connectivity index (χ4v) is 3.13. The van der Waals surface area contributed by atoms with Gasteiger partial charge >= 0.3 is 0 Å². The molecular weight excluding hydrogens is 240 g/mol. The second kappa shape index (κ2) is 6.71. The molecule has 1 amide bonds. The Morgan fingerprint density at radius 1 is 1.47 bits per heavy atom. The third-order valence-electron chi connectivity index (χ3n) is 4.47. The molecule has 1 unspecified atom stereocenters. The first-order chi connectivity index (χ1) is 9.11. The highest BCUT2D eigenvalue weighted by Crippen LogP contribution is 2.32. The van der Waals surface area contributed by atoms with Crippen molar-refractivity contribution in [2.45, 2.75) is 52.1 Å². The Balaban J connectivity index is 1.60. The number of carbonyl (C=O) groups excluding carboxylic acids is 1. The maximum Gasteiger partial charge on any atom is 0.220 e. The Morgan fingerprint density at radius 3 is 2.89 bits per heavy atom. The van der Waals surface area contributed by atoms with Gasteiger partial charge in [0.15, 0.2) is 0 Å². The molecule has 4 nitrogen and oxygen atoms in total. The van der Waals surface area contributed by atoms with Crippen LogP contribution < -0.4 is 10.6 Å². The zero-order valence-corrected chi connectivity index (χ0v) is 12.3. The van der Waals surface area contributed by atoms with Gasteiger partial charge in [-0.05, 0) is 50.5 Å². The van der Waals surface area contributed by atoms with E-state index in [4.69, 9.17) is 4.74 Å². The number of carbonyl (C=O) groups is 1. The van der Waals surface area contributed by atoms with Gasteiger partial charge in [0.05, 0.1) is 6.10 Å². The molecule has 2 aliphatic rings. The Morgan fingerprint density at radius 2 is 2.26 bits per heavy atom. The first-order valence-corrected chi connectivity index (χ1v) is 7.70. The predicted molar refractivity (Wildman–Crippen MR) is 76.0 cm³/mol. The molecule has 1 aliphatic heterocycles. The molecular formula is C15H28N2O2. The van der Waals surface area contributed by atoms with Crippen LogP contribution in [0.3, 0.4) is 0 Å². The molecule has 0 aromatic carbocycles. The molecule has 0 bridgehead atoms. The van der Waals surface area contributed by atoms with Crippen LogP contribution in [0.5, 0.6) is 0 Å². The van der Waals surface area contributed by atoms with Crippen LogP contribution in [0.15, 0.2) is 0 Å². The number of nitrogens with one attached hydrogen (secondary N) is 2. The summed E-state index contributed by atoms with van der Waals surface area (Å²) in [7, 11) is 0. The van der Waals surface area contributed by atoms with E-state index in [1.807, 2.05) is 6.92 Å². The highest BCUT2D eigenvalue weighted by Gasteiger charge is 2.32. The molecule has 4 heteroatoms. The van der Waals surface area contributed by atoms with Crippen molar-refractivity contribution in [2.24, 2.45) is 11.3 Å².